The lowest BCUT2D eigenvalue weighted by Crippen LogP contribution is -2.45. The highest BCUT2D eigenvalue weighted by molar-refractivity contribution is 5.95. The van der Waals surface area contributed by atoms with E-state index in [0.29, 0.717) is 5.56 Å². The average molecular weight is 405 g/mol. The number of pyridine rings is 1. The summed E-state index contributed by atoms with van der Waals surface area (Å²) in [4.78, 5) is 28.8. The first kappa shape index (κ1) is 20.0. The highest BCUT2D eigenvalue weighted by atomic mass is 16.5. The molecular weight excluding hydrogens is 382 g/mol. The van der Waals surface area contributed by atoms with E-state index >= 15 is 0 Å². The van der Waals surface area contributed by atoms with E-state index in [-0.39, 0.29) is 19.1 Å². The smallest absolute Gasteiger partial charge is 0.251 e. The Labute approximate surface area is 174 Å². The van der Waals surface area contributed by atoms with Gasteiger partial charge in [0.05, 0.1) is 30.7 Å². The lowest BCUT2D eigenvalue weighted by Gasteiger charge is -2.17. The van der Waals surface area contributed by atoms with Crippen LogP contribution < -0.4 is 10.8 Å². The average Bonchev–Trinajstić information content (AvgIpc) is 3.21. The maximum absolute atomic E-state index is 12.6. The number of nitrogens with one attached hydrogen (secondary N) is 2. The number of benzene rings is 2. The first-order valence-corrected chi connectivity index (χ1v) is 9.82. The minimum Gasteiger partial charge on any atom is -0.378 e. The minimum atomic E-state index is -0.610. The molecule has 2 atom stereocenters. The third kappa shape index (κ3) is 4.17. The molecule has 7 heteroatoms. The molecule has 1 aromatic heterocycles. The third-order valence-corrected chi connectivity index (χ3v) is 5.38. The third-order valence-electron chi connectivity index (χ3n) is 5.38. The van der Waals surface area contributed by atoms with E-state index in [0.717, 1.165) is 28.6 Å². The van der Waals surface area contributed by atoms with Gasteiger partial charge in [0.2, 0.25) is 0 Å². The van der Waals surface area contributed by atoms with Crippen LogP contribution in [0.1, 0.15) is 27.2 Å². The molecule has 4 rings (SSSR count). The predicted molar refractivity (Wildman–Crippen MR) is 111 cm³/mol. The summed E-state index contributed by atoms with van der Waals surface area (Å²) in [6.45, 7) is 2.38. The molecule has 154 valence electrons. The van der Waals surface area contributed by atoms with E-state index in [9.17, 15) is 9.59 Å². The first-order chi connectivity index (χ1) is 14.5. The maximum atomic E-state index is 12.6. The normalized spacial score (nSPS) is 18.3. The molecule has 0 aliphatic carbocycles. The topological polar surface area (TPSA) is 101 Å². The molecule has 1 aliphatic heterocycles. The molecule has 1 aliphatic rings. The van der Waals surface area contributed by atoms with E-state index in [1.54, 1.807) is 17.6 Å². The number of para-hydroxylation sites is 1. The van der Waals surface area contributed by atoms with Crippen molar-refractivity contribution in [2.45, 2.75) is 19.4 Å². The summed E-state index contributed by atoms with van der Waals surface area (Å²) >= 11 is 0. The zero-order valence-electron chi connectivity index (χ0n) is 16.6. The van der Waals surface area contributed by atoms with Crippen LogP contribution in [0.2, 0.25) is 0 Å². The molecule has 1 fully saturated rings. The number of rotatable bonds is 5. The number of hydroxylamine groups is 1. The quantitative estimate of drug-likeness (QED) is 0.447. The van der Waals surface area contributed by atoms with Crippen LogP contribution in [-0.2, 0) is 16.0 Å². The van der Waals surface area contributed by atoms with Crippen LogP contribution in [-0.4, -0.2) is 41.3 Å². The summed E-state index contributed by atoms with van der Waals surface area (Å²) in [6, 6.07) is 17.1. The van der Waals surface area contributed by atoms with Gasteiger partial charge < -0.3 is 10.1 Å². The van der Waals surface area contributed by atoms with Crippen LogP contribution in [0.25, 0.3) is 10.9 Å². The molecule has 7 nitrogen and oxygen atoms in total. The fourth-order valence-corrected chi connectivity index (χ4v) is 3.82. The van der Waals surface area contributed by atoms with Gasteiger partial charge in [-0.2, -0.15) is 0 Å². The van der Waals surface area contributed by atoms with Crippen LogP contribution in [0.15, 0.2) is 54.6 Å². The van der Waals surface area contributed by atoms with Gasteiger partial charge in [0.1, 0.15) is 0 Å². The van der Waals surface area contributed by atoms with Crippen molar-refractivity contribution in [2.75, 3.05) is 13.2 Å². The largest absolute Gasteiger partial charge is 0.378 e. The van der Waals surface area contributed by atoms with Gasteiger partial charge >= 0.3 is 0 Å². The number of nitrogens with zero attached hydrogens (tertiary/aromatic N) is 1. The Morgan fingerprint density at radius 3 is 2.67 bits per heavy atom. The molecule has 3 N–H and O–H groups in total. The lowest BCUT2D eigenvalue weighted by atomic mass is 9.99. The van der Waals surface area contributed by atoms with Crippen molar-refractivity contribution in [3.05, 3.63) is 77.0 Å². The monoisotopic (exact) mass is 405 g/mol. The van der Waals surface area contributed by atoms with Gasteiger partial charge in [-0.05, 0) is 48.7 Å². The van der Waals surface area contributed by atoms with E-state index in [4.69, 9.17) is 9.94 Å². The molecule has 0 radical (unpaired) electrons. The number of fused-ring (bicyclic) bond motifs is 1. The Hall–Kier alpha value is -3.29. The van der Waals surface area contributed by atoms with Gasteiger partial charge in [-0.15, -0.1) is 0 Å². The van der Waals surface area contributed by atoms with Crippen molar-refractivity contribution in [2.24, 2.45) is 5.92 Å². The second-order valence-corrected chi connectivity index (χ2v) is 7.51. The van der Waals surface area contributed by atoms with Gasteiger partial charge in [0.15, 0.2) is 0 Å². The Morgan fingerprint density at radius 2 is 1.90 bits per heavy atom. The number of amides is 2. The number of carbonyl (C=O) groups is 2. The van der Waals surface area contributed by atoms with Crippen molar-refractivity contribution >= 4 is 22.7 Å². The number of aryl methyl sites for hydroxylation is 1. The molecule has 0 saturated carbocycles. The van der Waals surface area contributed by atoms with Crippen molar-refractivity contribution in [3.8, 4) is 0 Å². The second kappa shape index (κ2) is 8.61. The molecule has 2 aromatic carbocycles. The summed E-state index contributed by atoms with van der Waals surface area (Å²) in [5.41, 5.74) is 6.35. The number of aromatic nitrogens is 1. The van der Waals surface area contributed by atoms with Gasteiger partial charge in [0.25, 0.3) is 11.8 Å². The maximum Gasteiger partial charge on any atom is 0.251 e. The zero-order chi connectivity index (χ0) is 21.1. The lowest BCUT2D eigenvalue weighted by molar-refractivity contribution is -0.133. The molecule has 1 saturated heterocycles. The number of ether oxygens (including phenoxy) is 1. The van der Waals surface area contributed by atoms with Crippen LogP contribution in [0.5, 0.6) is 0 Å². The van der Waals surface area contributed by atoms with E-state index < -0.39 is 17.9 Å². The van der Waals surface area contributed by atoms with E-state index in [1.165, 1.54) is 5.56 Å². The van der Waals surface area contributed by atoms with Gasteiger partial charge in [-0.3, -0.25) is 19.8 Å². The zero-order valence-corrected chi connectivity index (χ0v) is 16.6. The van der Waals surface area contributed by atoms with Crippen LogP contribution in [0.3, 0.4) is 0 Å². The van der Waals surface area contributed by atoms with Gasteiger partial charge in [0, 0.05) is 16.6 Å². The SMILES string of the molecule is Cc1cc(Cc2ccc(C(=O)N[C@@H]3COC[C@@H]3C(=O)NO)cc2)c2ccccc2n1. The Bertz CT molecular complexity index is 1080. The van der Waals surface area contributed by atoms with E-state index in [2.05, 4.69) is 22.4 Å². The van der Waals surface area contributed by atoms with Crippen LogP contribution in [0.4, 0.5) is 0 Å². The predicted octanol–water partition coefficient (Wildman–Crippen LogP) is 2.38. The molecule has 2 heterocycles. The summed E-state index contributed by atoms with van der Waals surface area (Å²) < 4.78 is 5.27. The summed E-state index contributed by atoms with van der Waals surface area (Å²) in [6.07, 6.45) is 0.737. The molecule has 2 amide bonds. The van der Waals surface area contributed by atoms with Gasteiger partial charge in [-0.1, -0.05) is 30.3 Å². The van der Waals surface area contributed by atoms with Crippen molar-refractivity contribution in [1.82, 2.24) is 15.8 Å². The molecule has 30 heavy (non-hydrogen) atoms. The highest BCUT2D eigenvalue weighted by Gasteiger charge is 2.35. The number of carbonyl (C=O) groups excluding carboxylic acids is 2. The Kier molecular flexibility index (Phi) is 5.74. The number of hydrogen-bond donors (Lipinski definition) is 3. The first-order valence-electron chi connectivity index (χ1n) is 9.82. The molecule has 0 bridgehead atoms. The summed E-state index contributed by atoms with van der Waals surface area (Å²) in [5, 5.41) is 12.8. The molecule has 0 spiro atoms. The number of hydrogen-bond acceptors (Lipinski definition) is 5. The summed E-state index contributed by atoms with van der Waals surface area (Å²) in [7, 11) is 0. The van der Waals surface area contributed by atoms with Gasteiger partial charge in [-0.25, -0.2) is 5.48 Å². The standard InChI is InChI=1S/C23H23N3O4/c1-14-10-17(18-4-2-3-5-20(18)24-14)11-15-6-8-16(9-7-15)22(27)25-21-13-30-12-19(21)23(28)26-29/h2-10,19,21,29H,11-13H2,1H3,(H,25,27)(H,26,28)/t19-,21+/m0/s1. The summed E-state index contributed by atoms with van der Waals surface area (Å²) in [5.74, 6) is -1.45. The second-order valence-electron chi connectivity index (χ2n) is 7.51. The highest BCUT2D eigenvalue weighted by Crippen LogP contribution is 2.22. The molecule has 3 aromatic rings. The van der Waals surface area contributed by atoms with Crippen molar-refractivity contribution in [3.63, 3.8) is 0 Å². The Balaban J connectivity index is 1.47. The fourth-order valence-electron chi connectivity index (χ4n) is 3.82. The Morgan fingerprint density at radius 1 is 1.13 bits per heavy atom. The van der Waals surface area contributed by atoms with E-state index in [1.807, 2.05) is 37.3 Å². The van der Waals surface area contributed by atoms with Crippen LogP contribution in [0, 0.1) is 12.8 Å². The fraction of sp³-hybridized carbons (Fsp3) is 0.261. The van der Waals surface area contributed by atoms with Crippen molar-refractivity contribution in [1.29, 1.82) is 0 Å². The van der Waals surface area contributed by atoms with Crippen LogP contribution >= 0.6 is 0 Å². The minimum absolute atomic E-state index is 0.162. The molecular formula is C23H23N3O4. The molecule has 0 unspecified atom stereocenters. The van der Waals surface area contributed by atoms with Crippen molar-refractivity contribution < 1.29 is 19.5 Å².